The van der Waals surface area contributed by atoms with Crippen molar-refractivity contribution < 1.29 is 0 Å². The maximum atomic E-state index is 5.78. The molecule has 1 aliphatic rings. The van der Waals surface area contributed by atoms with Crippen LogP contribution >= 0.6 is 11.6 Å². The topological polar surface area (TPSA) is 12.4 Å². The molecule has 1 aromatic carbocycles. The fraction of sp³-hybridized carbons (Fsp3) is 0.154. The van der Waals surface area contributed by atoms with Crippen molar-refractivity contribution in [1.82, 2.24) is 0 Å². The highest BCUT2D eigenvalue weighted by Gasteiger charge is 1.94. The highest BCUT2D eigenvalue weighted by molar-refractivity contribution is 6.30. The average molecular weight is 216 g/mol. The Labute approximate surface area is 94.5 Å². The van der Waals surface area contributed by atoms with Crippen molar-refractivity contribution in [2.75, 3.05) is 6.54 Å². The molecule has 0 aromatic heterocycles. The molecule has 0 saturated carbocycles. The first kappa shape index (κ1) is 10.0. The lowest BCUT2D eigenvalue weighted by molar-refractivity contribution is 1.16. The normalized spacial score (nSPS) is 14.1. The van der Waals surface area contributed by atoms with Crippen molar-refractivity contribution in [2.24, 2.45) is 4.99 Å². The van der Waals surface area contributed by atoms with Crippen LogP contribution in [-0.4, -0.2) is 12.8 Å². The lowest BCUT2D eigenvalue weighted by Gasteiger charge is -1.98. The summed E-state index contributed by atoms with van der Waals surface area (Å²) in [5.74, 6) is 6.24. The first-order valence-corrected chi connectivity index (χ1v) is 5.17. The molecule has 0 bridgehead atoms. The summed E-state index contributed by atoms with van der Waals surface area (Å²) in [6, 6.07) is 7.55. The zero-order chi connectivity index (χ0) is 10.5. The predicted molar refractivity (Wildman–Crippen MR) is 64.4 cm³/mol. The minimum absolute atomic E-state index is 0.740. The summed E-state index contributed by atoms with van der Waals surface area (Å²) in [4.78, 5) is 4.11. The molecular formula is C13H10ClN. The number of nitrogens with zero attached hydrogens (tertiary/aromatic N) is 1. The largest absolute Gasteiger partial charge is 0.293 e. The van der Waals surface area contributed by atoms with Crippen molar-refractivity contribution in [2.45, 2.75) is 6.42 Å². The Morgan fingerprint density at radius 1 is 1.13 bits per heavy atom. The summed E-state index contributed by atoms with van der Waals surface area (Å²) < 4.78 is 0. The van der Waals surface area contributed by atoms with E-state index >= 15 is 0 Å². The second-order valence-corrected chi connectivity index (χ2v) is 3.67. The molecule has 0 N–H and O–H groups in total. The molecule has 2 rings (SSSR count). The molecule has 1 nitrogen and oxygen atoms in total. The molecule has 2 heteroatoms. The standard InChI is InChI=1S/C13H10ClN/c14-13-5-3-11(4-6-13)1-2-12-7-9-15-10-8-12/h3-7,10H,8-9H2. The van der Waals surface area contributed by atoms with Gasteiger partial charge in [0.25, 0.3) is 0 Å². The molecule has 0 aliphatic carbocycles. The number of hydrogen-bond donors (Lipinski definition) is 0. The van der Waals surface area contributed by atoms with Gasteiger partial charge in [0.1, 0.15) is 0 Å². The predicted octanol–water partition coefficient (Wildman–Crippen LogP) is 3.09. The lowest BCUT2D eigenvalue weighted by atomic mass is 10.1. The van der Waals surface area contributed by atoms with Crippen molar-refractivity contribution in [3.05, 3.63) is 46.5 Å². The molecular weight excluding hydrogens is 206 g/mol. The van der Waals surface area contributed by atoms with Gasteiger partial charge in [-0.15, -0.1) is 0 Å². The van der Waals surface area contributed by atoms with Gasteiger partial charge in [-0.25, -0.2) is 0 Å². The lowest BCUT2D eigenvalue weighted by Crippen LogP contribution is -1.91. The summed E-state index contributed by atoms with van der Waals surface area (Å²) >= 11 is 5.78. The third-order valence-corrected chi connectivity index (χ3v) is 2.35. The van der Waals surface area contributed by atoms with Gasteiger partial charge < -0.3 is 0 Å². The van der Waals surface area contributed by atoms with Crippen LogP contribution in [0, 0.1) is 11.8 Å². The van der Waals surface area contributed by atoms with E-state index in [2.05, 4.69) is 22.9 Å². The minimum atomic E-state index is 0.740. The molecule has 74 valence electrons. The Balaban J connectivity index is 2.11. The number of aliphatic imine (C=N–C) groups is 1. The highest BCUT2D eigenvalue weighted by Crippen LogP contribution is 2.09. The van der Waals surface area contributed by atoms with Crippen LogP contribution in [0.15, 0.2) is 40.9 Å². The van der Waals surface area contributed by atoms with Crippen LogP contribution < -0.4 is 0 Å². The number of hydrogen-bond acceptors (Lipinski definition) is 1. The van der Waals surface area contributed by atoms with Gasteiger partial charge in [0.2, 0.25) is 0 Å². The summed E-state index contributed by atoms with van der Waals surface area (Å²) in [6.07, 6.45) is 4.81. The number of halogens is 1. The van der Waals surface area contributed by atoms with Gasteiger partial charge in [0.15, 0.2) is 0 Å². The average Bonchev–Trinajstić information content (AvgIpc) is 2.30. The molecule has 0 spiro atoms. The van der Waals surface area contributed by atoms with Crippen molar-refractivity contribution in [3.63, 3.8) is 0 Å². The monoisotopic (exact) mass is 215 g/mol. The first-order valence-electron chi connectivity index (χ1n) is 4.79. The number of dihydropyridines is 1. The Morgan fingerprint density at radius 3 is 2.60 bits per heavy atom. The van der Waals surface area contributed by atoms with E-state index in [9.17, 15) is 0 Å². The van der Waals surface area contributed by atoms with Crippen LogP contribution in [0.5, 0.6) is 0 Å². The Morgan fingerprint density at radius 2 is 1.93 bits per heavy atom. The van der Waals surface area contributed by atoms with E-state index in [1.54, 1.807) is 0 Å². The van der Waals surface area contributed by atoms with Crippen LogP contribution in [0.1, 0.15) is 12.0 Å². The number of benzene rings is 1. The number of allylic oxidation sites excluding steroid dienone is 1. The van der Waals surface area contributed by atoms with Gasteiger partial charge in [-0.3, -0.25) is 4.99 Å². The molecule has 0 fully saturated rings. The van der Waals surface area contributed by atoms with Crippen LogP contribution in [0.2, 0.25) is 5.02 Å². The quantitative estimate of drug-likeness (QED) is 0.590. The Bertz CT molecular complexity index is 458. The van der Waals surface area contributed by atoms with E-state index in [-0.39, 0.29) is 0 Å². The van der Waals surface area contributed by atoms with E-state index in [1.807, 2.05) is 30.5 Å². The molecule has 1 heterocycles. The molecule has 15 heavy (non-hydrogen) atoms. The van der Waals surface area contributed by atoms with E-state index in [1.165, 1.54) is 0 Å². The van der Waals surface area contributed by atoms with Gasteiger partial charge in [-0.05, 0) is 24.3 Å². The van der Waals surface area contributed by atoms with Gasteiger partial charge in [-0.1, -0.05) is 29.5 Å². The van der Waals surface area contributed by atoms with Crippen LogP contribution in [0.3, 0.4) is 0 Å². The maximum Gasteiger partial charge on any atom is 0.0578 e. The smallest absolute Gasteiger partial charge is 0.0578 e. The molecule has 1 aromatic rings. The SMILES string of the molecule is Clc1ccc(C#CC2=CCN=CC2)cc1. The Hall–Kier alpha value is -1.52. The van der Waals surface area contributed by atoms with E-state index in [4.69, 9.17) is 11.6 Å². The maximum absolute atomic E-state index is 5.78. The van der Waals surface area contributed by atoms with E-state index in [0.29, 0.717) is 0 Å². The second-order valence-electron chi connectivity index (χ2n) is 3.24. The summed E-state index contributed by atoms with van der Waals surface area (Å²) in [5.41, 5.74) is 2.13. The van der Waals surface area contributed by atoms with E-state index in [0.717, 1.165) is 29.1 Å². The van der Waals surface area contributed by atoms with Gasteiger partial charge in [0.05, 0.1) is 6.54 Å². The van der Waals surface area contributed by atoms with Gasteiger partial charge in [0, 0.05) is 28.8 Å². The van der Waals surface area contributed by atoms with Crippen molar-refractivity contribution >= 4 is 17.8 Å². The molecule has 0 radical (unpaired) electrons. The minimum Gasteiger partial charge on any atom is -0.293 e. The molecule has 0 unspecified atom stereocenters. The van der Waals surface area contributed by atoms with Gasteiger partial charge in [-0.2, -0.15) is 0 Å². The Kier molecular flexibility index (Phi) is 3.22. The van der Waals surface area contributed by atoms with Gasteiger partial charge >= 0.3 is 0 Å². The van der Waals surface area contributed by atoms with E-state index < -0.39 is 0 Å². The van der Waals surface area contributed by atoms with Crippen molar-refractivity contribution in [3.8, 4) is 11.8 Å². The molecule has 1 aliphatic heterocycles. The highest BCUT2D eigenvalue weighted by atomic mass is 35.5. The fourth-order valence-electron chi connectivity index (χ4n) is 1.27. The summed E-state index contributed by atoms with van der Waals surface area (Å²) in [5, 5.41) is 0.740. The third kappa shape index (κ3) is 2.97. The number of rotatable bonds is 0. The fourth-order valence-corrected chi connectivity index (χ4v) is 1.40. The summed E-state index contributed by atoms with van der Waals surface area (Å²) in [6.45, 7) is 0.755. The van der Waals surface area contributed by atoms with Crippen LogP contribution in [-0.2, 0) is 0 Å². The zero-order valence-corrected chi connectivity index (χ0v) is 8.96. The third-order valence-electron chi connectivity index (χ3n) is 2.10. The molecule has 0 saturated heterocycles. The first-order chi connectivity index (χ1) is 7.34. The molecule has 0 atom stereocenters. The molecule has 0 amide bonds. The second kappa shape index (κ2) is 4.82. The van der Waals surface area contributed by atoms with Crippen LogP contribution in [0.25, 0.3) is 0 Å². The zero-order valence-electron chi connectivity index (χ0n) is 8.20. The van der Waals surface area contributed by atoms with Crippen molar-refractivity contribution in [1.29, 1.82) is 0 Å². The summed E-state index contributed by atoms with van der Waals surface area (Å²) in [7, 11) is 0. The van der Waals surface area contributed by atoms with Crippen LogP contribution in [0.4, 0.5) is 0 Å².